The molecule has 0 amide bonds. The van der Waals surface area contributed by atoms with Gasteiger partial charge in [-0.25, -0.2) is 30.7 Å². The Morgan fingerprint density at radius 3 is 1.43 bits per heavy atom. The van der Waals surface area contributed by atoms with Crippen molar-refractivity contribution in [2.75, 3.05) is 6.54 Å². The van der Waals surface area contributed by atoms with Gasteiger partial charge in [-0.05, 0) is 6.42 Å². The Morgan fingerprint density at radius 2 is 1.03 bits per heavy atom. The zero-order chi connectivity index (χ0) is 22.9. The first kappa shape index (κ1) is 26.8. The third-order valence-corrected chi connectivity index (χ3v) is 6.89. The maximum atomic E-state index is 14.0. The molecule has 0 aliphatic rings. The van der Waals surface area contributed by atoms with E-state index in [-0.39, 0.29) is 6.54 Å². The van der Waals surface area contributed by atoms with Gasteiger partial charge in [-0.1, -0.05) is 64.7 Å². The van der Waals surface area contributed by atoms with E-state index in [0.29, 0.717) is 12.8 Å². The molecule has 0 aliphatic carbocycles. The summed E-state index contributed by atoms with van der Waals surface area (Å²) in [7, 11) is -10.7. The monoisotopic (exact) mass is 477 g/mol. The van der Waals surface area contributed by atoms with Crippen molar-refractivity contribution in [3.63, 3.8) is 0 Å². The van der Waals surface area contributed by atoms with E-state index in [4.69, 9.17) is 4.55 Å². The van der Waals surface area contributed by atoms with Crippen LogP contribution in [0.5, 0.6) is 0 Å². The second kappa shape index (κ2) is 12.0. The fraction of sp³-hybridized carbons (Fsp3) is 0.667. The van der Waals surface area contributed by atoms with Crippen molar-refractivity contribution in [2.45, 2.75) is 80.9 Å². The molecule has 0 spiro atoms. The van der Waals surface area contributed by atoms with Gasteiger partial charge >= 0.3 is 10.1 Å². The molecule has 0 aliphatic heterocycles. The van der Waals surface area contributed by atoms with Crippen LogP contribution in [0.25, 0.3) is 0 Å². The lowest BCUT2D eigenvalue weighted by molar-refractivity contribution is 0.379. The van der Waals surface area contributed by atoms with Crippen molar-refractivity contribution in [3.8, 4) is 0 Å². The maximum Gasteiger partial charge on any atom is 0.300 e. The van der Waals surface area contributed by atoms with Gasteiger partial charge in [0.1, 0.15) is 0 Å². The molecule has 2 N–H and O–H groups in total. The van der Waals surface area contributed by atoms with Crippen LogP contribution < -0.4 is 4.72 Å². The molecule has 0 unspecified atom stereocenters. The van der Waals surface area contributed by atoms with Crippen LogP contribution >= 0.6 is 0 Å². The van der Waals surface area contributed by atoms with E-state index < -0.39 is 53.2 Å². The van der Waals surface area contributed by atoms with Crippen LogP contribution in [0.2, 0.25) is 0 Å². The van der Waals surface area contributed by atoms with Crippen LogP contribution in [0.4, 0.5) is 17.6 Å². The Labute approximate surface area is 174 Å². The van der Waals surface area contributed by atoms with Crippen molar-refractivity contribution in [3.05, 3.63) is 23.3 Å². The number of hydrogen-bond acceptors (Lipinski definition) is 4. The molecule has 0 radical (unpaired) electrons. The average Bonchev–Trinajstić information content (AvgIpc) is 2.63. The first-order valence-corrected chi connectivity index (χ1v) is 12.7. The van der Waals surface area contributed by atoms with E-state index in [9.17, 15) is 34.4 Å². The van der Waals surface area contributed by atoms with Gasteiger partial charge in [0, 0.05) is 6.54 Å². The number of unbranched alkanes of at least 4 members (excludes halogenated alkanes) is 9. The highest BCUT2D eigenvalue weighted by atomic mass is 32.2. The molecule has 0 fully saturated rings. The molecule has 0 bridgehead atoms. The van der Waals surface area contributed by atoms with Crippen molar-refractivity contribution >= 4 is 20.1 Å². The summed E-state index contributed by atoms with van der Waals surface area (Å²) in [6.45, 7) is 1.92. The Hall–Kier alpha value is -1.24. The van der Waals surface area contributed by atoms with Gasteiger partial charge in [0.05, 0.1) is 0 Å². The van der Waals surface area contributed by atoms with Gasteiger partial charge in [0.25, 0.3) is 0 Å². The zero-order valence-corrected chi connectivity index (χ0v) is 18.3. The van der Waals surface area contributed by atoms with Crippen LogP contribution in [0.1, 0.15) is 71.1 Å². The standard InChI is InChI=1S/C18H27F4NO5S2/c1-2-3-4-5-6-7-8-9-10-11-12-23-29(24,25)17-13(19)15(21)18(30(26,27)28)16(22)14(17)20/h23H,2-12H2,1H3,(H,26,27,28). The van der Waals surface area contributed by atoms with E-state index in [1.54, 1.807) is 0 Å². The highest BCUT2D eigenvalue weighted by molar-refractivity contribution is 7.89. The van der Waals surface area contributed by atoms with Gasteiger partial charge in [-0.15, -0.1) is 0 Å². The van der Waals surface area contributed by atoms with Crippen LogP contribution in [0.15, 0.2) is 9.79 Å². The molecule has 1 aromatic rings. The minimum absolute atomic E-state index is 0.221. The lowest BCUT2D eigenvalue weighted by atomic mass is 10.1. The Bertz CT molecular complexity index is 892. The summed E-state index contributed by atoms with van der Waals surface area (Å²) < 4.78 is 112. The van der Waals surface area contributed by atoms with E-state index in [1.807, 2.05) is 4.72 Å². The number of benzene rings is 1. The van der Waals surface area contributed by atoms with Gasteiger partial charge in [0.2, 0.25) is 10.0 Å². The lowest BCUT2D eigenvalue weighted by Gasteiger charge is -2.12. The second-order valence-electron chi connectivity index (χ2n) is 6.97. The first-order chi connectivity index (χ1) is 13.9. The highest BCUT2D eigenvalue weighted by Crippen LogP contribution is 2.30. The van der Waals surface area contributed by atoms with E-state index in [2.05, 4.69) is 6.92 Å². The third-order valence-electron chi connectivity index (χ3n) is 4.53. The molecule has 0 saturated heterocycles. The maximum absolute atomic E-state index is 14.0. The number of rotatable bonds is 14. The largest absolute Gasteiger partial charge is 0.300 e. The summed E-state index contributed by atoms with van der Waals surface area (Å²) in [6.07, 6.45) is 9.75. The minimum atomic E-state index is -5.66. The normalized spacial score (nSPS) is 12.5. The van der Waals surface area contributed by atoms with E-state index >= 15 is 0 Å². The second-order valence-corrected chi connectivity index (χ2v) is 10.0. The Kier molecular flexibility index (Phi) is 10.7. The number of hydrogen-bond donors (Lipinski definition) is 2. The summed E-state index contributed by atoms with van der Waals surface area (Å²) >= 11 is 0. The summed E-state index contributed by atoms with van der Waals surface area (Å²) in [5.74, 6) is -9.90. The quantitative estimate of drug-likeness (QED) is 0.175. The summed E-state index contributed by atoms with van der Waals surface area (Å²) in [5, 5.41) is 0. The molecule has 174 valence electrons. The fourth-order valence-corrected chi connectivity index (χ4v) is 4.79. The Morgan fingerprint density at radius 1 is 0.667 bits per heavy atom. The third kappa shape index (κ3) is 7.47. The number of nitrogens with one attached hydrogen (secondary N) is 1. The van der Waals surface area contributed by atoms with Crippen molar-refractivity contribution < 1.29 is 39.0 Å². The van der Waals surface area contributed by atoms with Crippen LogP contribution in [0, 0.1) is 23.3 Å². The lowest BCUT2D eigenvalue weighted by Crippen LogP contribution is -2.28. The van der Waals surface area contributed by atoms with E-state index in [1.165, 1.54) is 25.7 Å². The molecule has 6 nitrogen and oxygen atoms in total. The smallest absolute Gasteiger partial charge is 0.282 e. The fourth-order valence-electron chi connectivity index (χ4n) is 2.94. The van der Waals surface area contributed by atoms with Crippen LogP contribution in [-0.2, 0) is 20.1 Å². The van der Waals surface area contributed by atoms with Crippen LogP contribution in [-0.4, -0.2) is 27.9 Å². The summed E-state index contributed by atoms with van der Waals surface area (Å²) in [6, 6.07) is 0. The van der Waals surface area contributed by atoms with E-state index in [0.717, 1.165) is 25.7 Å². The molecule has 12 heteroatoms. The highest BCUT2D eigenvalue weighted by Gasteiger charge is 2.37. The van der Waals surface area contributed by atoms with Crippen molar-refractivity contribution in [2.24, 2.45) is 0 Å². The summed E-state index contributed by atoms with van der Waals surface area (Å²) in [4.78, 5) is -4.26. The topological polar surface area (TPSA) is 101 Å². The molecule has 30 heavy (non-hydrogen) atoms. The molecule has 0 atom stereocenters. The molecule has 0 heterocycles. The molecular formula is C18H27F4NO5S2. The molecule has 0 saturated carbocycles. The van der Waals surface area contributed by atoms with Crippen molar-refractivity contribution in [1.82, 2.24) is 4.72 Å². The molecular weight excluding hydrogens is 450 g/mol. The Balaban J connectivity index is 2.64. The number of halogens is 4. The summed E-state index contributed by atoms with van der Waals surface area (Å²) in [5.41, 5.74) is 0. The van der Waals surface area contributed by atoms with Crippen molar-refractivity contribution in [1.29, 1.82) is 0 Å². The minimum Gasteiger partial charge on any atom is -0.282 e. The van der Waals surface area contributed by atoms with Gasteiger partial charge < -0.3 is 0 Å². The zero-order valence-electron chi connectivity index (χ0n) is 16.7. The molecule has 0 aromatic heterocycles. The van der Waals surface area contributed by atoms with Gasteiger partial charge in [-0.2, -0.15) is 8.42 Å². The first-order valence-electron chi connectivity index (χ1n) is 9.78. The predicted molar refractivity (Wildman–Crippen MR) is 103 cm³/mol. The molecule has 1 rings (SSSR count). The average molecular weight is 478 g/mol. The van der Waals surface area contributed by atoms with Gasteiger partial charge in [-0.3, -0.25) is 4.55 Å². The molecule has 1 aromatic carbocycles. The predicted octanol–water partition coefficient (Wildman–Crippen LogP) is 4.69. The van der Waals surface area contributed by atoms with Crippen LogP contribution in [0.3, 0.4) is 0 Å². The van der Waals surface area contributed by atoms with Gasteiger partial charge in [0.15, 0.2) is 33.1 Å². The number of sulfonamides is 1. The SMILES string of the molecule is CCCCCCCCCCCCNS(=O)(=O)c1c(F)c(F)c(S(=O)(=O)O)c(F)c1F.